The molecular formula is C27H41NO3. The molecule has 2 N–H and O–H groups in total. The van der Waals surface area contributed by atoms with E-state index in [0.29, 0.717) is 12.4 Å². The number of rotatable bonds is 13. The first kappa shape index (κ1) is 26.5. The van der Waals surface area contributed by atoms with Crippen LogP contribution in [0.15, 0.2) is 47.1 Å². The van der Waals surface area contributed by atoms with Crippen molar-refractivity contribution >= 4 is 6.09 Å². The molecule has 0 aliphatic rings. The van der Waals surface area contributed by atoms with Crippen LogP contribution in [0.2, 0.25) is 0 Å². The highest BCUT2D eigenvalue weighted by Gasteiger charge is 2.11. The van der Waals surface area contributed by atoms with E-state index in [1.165, 1.54) is 16.7 Å². The van der Waals surface area contributed by atoms with Crippen LogP contribution in [0.3, 0.4) is 0 Å². The summed E-state index contributed by atoms with van der Waals surface area (Å²) in [5, 5.41) is 0. The van der Waals surface area contributed by atoms with E-state index in [4.69, 9.17) is 15.2 Å². The summed E-state index contributed by atoms with van der Waals surface area (Å²) in [7, 11) is 0. The van der Waals surface area contributed by atoms with E-state index in [9.17, 15) is 4.79 Å². The molecule has 0 saturated carbocycles. The third-order valence-electron chi connectivity index (χ3n) is 5.04. The summed E-state index contributed by atoms with van der Waals surface area (Å²) in [6.07, 6.45) is 13.3. The van der Waals surface area contributed by atoms with Crippen molar-refractivity contribution in [3.05, 3.63) is 58.2 Å². The number of carbonyl (C=O) groups is 1. The number of ether oxygens (including phenoxy) is 2. The second-order valence-electron chi connectivity index (χ2n) is 8.50. The van der Waals surface area contributed by atoms with Gasteiger partial charge in [0.25, 0.3) is 0 Å². The Bertz CT molecular complexity index is 799. The molecule has 0 saturated heterocycles. The normalized spacial score (nSPS) is 11.9. The number of nitrogens with two attached hydrogens (primary N) is 1. The van der Waals surface area contributed by atoms with Crippen molar-refractivity contribution in [2.45, 2.75) is 86.5 Å². The number of carbonyl (C=O) groups excluding carboxylic acids is 1. The number of hydrogen-bond donors (Lipinski definition) is 1. The van der Waals surface area contributed by atoms with E-state index < -0.39 is 6.09 Å². The first-order chi connectivity index (χ1) is 14.7. The van der Waals surface area contributed by atoms with Gasteiger partial charge in [-0.1, -0.05) is 48.3 Å². The number of hydrogen-bond acceptors (Lipinski definition) is 3. The quantitative estimate of drug-likeness (QED) is 0.260. The molecule has 4 nitrogen and oxygen atoms in total. The van der Waals surface area contributed by atoms with Crippen molar-refractivity contribution in [2.75, 3.05) is 6.61 Å². The molecule has 1 aromatic carbocycles. The lowest BCUT2D eigenvalue weighted by Gasteiger charge is -2.15. The van der Waals surface area contributed by atoms with Crippen LogP contribution in [-0.2, 0) is 6.42 Å². The lowest BCUT2D eigenvalue weighted by atomic mass is 10.0. The van der Waals surface area contributed by atoms with Gasteiger partial charge in [0, 0.05) is 0 Å². The highest BCUT2D eigenvalue weighted by atomic mass is 16.5. The van der Waals surface area contributed by atoms with Gasteiger partial charge >= 0.3 is 6.09 Å². The Morgan fingerprint density at radius 3 is 2.16 bits per heavy atom. The molecule has 0 atom stereocenters. The average molecular weight is 428 g/mol. The fourth-order valence-electron chi connectivity index (χ4n) is 3.45. The van der Waals surface area contributed by atoms with Gasteiger partial charge in [0.2, 0.25) is 0 Å². The van der Waals surface area contributed by atoms with Gasteiger partial charge in [-0.15, -0.1) is 0 Å². The Labute approximate surface area is 189 Å². The van der Waals surface area contributed by atoms with Crippen LogP contribution in [0.4, 0.5) is 4.79 Å². The van der Waals surface area contributed by atoms with Crippen molar-refractivity contribution < 1.29 is 14.3 Å². The predicted molar refractivity (Wildman–Crippen MR) is 131 cm³/mol. The summed E-state index contributed by atoms with van der Waals surface area (Å²) >= 11 is 0. The van der Waals surface area contributed by atoms with E-state index in [0.717, 1.165) is 61.8 Å². The van der Waals surface area contributed by atoms with Crippen LogP contribution in [-0.4, -0.2) is 12.7 Å². The largest absolute Gasteiger partial charge is 0.493 e. The van der Waals surface area contributed by atoms with Crippen LogP contribution in [0.25, 0.3) is 0 Å². The minimum atomic E-state index is -0.797. The standard InChI is InChI=1S/C27H41NO3/c1-7-11-24-19-25(31-27(28)29)18-23(6)26(24)30-17-10-16-22(5)15-9-14-21(4)13-8-12-20(2)3/h12,14,16,18-19H,7-11,13,15,17H2,1-6H3,(H2,28,29)/b21-14+,22-16+. The minimum Gasteiger partial charge on any atom is -0.493 e. The molecule has 1 rings (SSSR count). The van der Waals surface area contributed by atoms with Crippen LogP contribution >= 0.6 is 0 Å². The SMILES string of the molecule is CCCc1cc(OC(N)=O)cc(C)c1OCC/C=C(\C)CC/C=C(\C)CCC=C(C)C. The molecule has 0 aliphatic heterocycles. The lowest BCUT2D eigenvalue weighted by molar-refractivity contribution is 0.210. The molecule has 0 fully saturated rings. The van der Waals surface area contributed by atoms with Gasteiger partial charge in [0.15, 0.2) is 0 Å². The van der Waals surface area contributed by atoms with Gasteiger partial charge < -0.3 is 15.2 Å². The lowest BCUT2D eigenvalue weighted by Crippen LogP contribution is -2.16. The topological polar surface area (TPSA) is 61.5 Å². The summed E-state index contributed by atoms with van der Waals surface area (Å²) in [6.45, 7) is 13.4. The second-order valence-corrected chi connectivity index (χ2v) is 8.50. The number of allylic oxidation sites excluding steroid dienone is 5. The number of primary amides is 1. The average Bonchev–Trinajstić information content (AvgIpc) is 2.66. The first-order valence-electron chi connectivity index (χ1n) is 11.4. The molecule has 0 aliphatic carbocycles. The summed E-state index contributed by atoms with van der Waals surface area (Å²) in [4.78, 5) is 11.0. The molecule has 1 aromatic rings. The van der Waals surface area contributed by atoms with Gasteiger partial charge in [0.05, 0.1) is 6.61 Å². The third-order valence-corrected chi connectivity index (χ3v) is 5.04. The Kier molecular flexibility index (Phi) is 12.4. The van der Waals surface area contributed by atoms with E-state index in [2.05, 4.69) is 52.8 Å². The second kappa shape index (κ2) is 14.5. The molecule has 0 unspecified atom stereocenters. The maximum Gasteiger partial charge on any atom is 0.409 e. The molecule has 0 spiro atoms. The first-order valence-corrected chi connectivity index (χ1v) is 11.4. The molecule has 172 valence electrons. The molecule has 0 bridgehead atoms. The Morgan fingerprint density at radius 2 is 1.58 bits per heavy atom. The Hall–Kier alpha value is -2.49. The van der Waals surface area contributed by atoms with Crippen molar-refractivity contribution in [2.24, 2.45) is 5.73 Å². The van der Waals surface area contributed by atoms with Gasteiger partial charge in [-0.2, -0.15) is 0 Å². The molecule has 0 aromatic heterocycles. The fraction of sp³-hybridized carbons (Fsp3) is 0.519. The van der Waals surface area contributed by atoms with Crippen LogP contribution < -0.4 is 15.2 Å². The van der Waals surface area contributed by atoms with Crippen molar-refractivity contribution in [1.29, 1.82) is 0 Å². The van der Waals surface area contributed by atoms with E-state index in [-0.39, 0.29) is 0 Å². The van der Waals surface area contributed by atoms with Crippen molar-refractivity contribution in [3.8, 4) is 11.5 Å². The number of aryl methyl sites for hydroxylation is 2. The summed E-state index contributed by atoms with van der Waals surface area (Å²) in [5.41, 5.74) is 11.4. The molecule has 0 radical (unpaired) electrons. The number of benzene rings is 1. The zero-order chi connectivity index (χ0) is 23.2. The Morgan fingerprint density at radius 1 is 0.968 bits per heavy atom. The van der Waals surface area contributed by atoms with Gasteiger partial charge in [-0.25, -0.2) is 4.79 Å². The van der Waals surface area contributed by atoms with E-state index in [1.54, 1.807) is 6.07 Å². The number of amides is 1. The van der Waals surface area contributed by atoms with Gasteiger partial charge in [-0.05, 0) is 96.4 Å². The molecule has 1 amide bonds. The molecular weight excluding hydrogens is 386 g/mol. The zero-order valence-electron chi connectivity index (χ0n) is 20.3. The smallest absolute Gasteiger partial charge is 0.409 e. The van der Waals surface area contributed by atoms with Crippen molar-refractivity contribution in [3.63, 3.8) is 0 Å². The fourth-order valence-corrected chi connectivity index (χ4v) is 3.45. The molecule has 4 heteroatoms. The molecule has 31 heavy (non-hydrogen) atoms. The summed E-state index contributed by atoms with van der Waals surface area (Å²) in [6, 6.07) is 3.65. The zero-order valence-corrected chi connectivity index (χ0v) is 20.3. The van der Waals surface area contributed by atoms with Crippen LogP contribution in [0.5, 0.6) is 11.5 Å². The van der Waals surface area contributed by atoms with Gasteiger partial charge in [-0.3, -0.25) is 0 Å². The molecule has 0 heterocycles. The Balaban J connectivity index is 2.54. The van der Waals surface area contributed by atoms with Crippen LogP contribution in [0, 0.1) is 6.92 Å². The maximum atomic E-state index is 11.0. The predicted octanol–water partition coefficient (Wildman–Crippen LogP) is 7.59. The third kappa shape index (κ3) is 11.5. The van der Waals surface area contributed by atoms with E-state index in [1.807, 2.05) is 13.0 Å². The highest BCUT2D eigenvalue weighted by Crippen LogP contribution is 2.30. The van der Waals surface area contributed by atoms with E-state index >= 15 is 0 Å². The van der Waals surface area contributed by atoms with Crippen LogP contribution in [0.1, 0.15) is 84.3 Å². The minimum absolute atomic E-state index is 0.473. The van der Waals surface area contributed by atoms with Crippen molar-refractivity contribution in [1.82, 2.24) is 0 Å². The van der Waals surface area contributed by atoms with Gasteiger partial charge in [0.1, 0.15) is 11.5 Å². The summed E-state index contributed by atoms with van der Waals surface area (Å²) in [5.74, 6) is 1.36. The summed E-state index contributed by atoms with van der Waals surface area (Å²) < 4.78 is 11.2. The maximum absolute atomic E-state index is 11.0. The monoisotopic (exact) mass is 427 g/mol. The highest BCUT2D eigenvalue weighted by molar-refractivity contribution is 5.68.